The Kier molecular flexibility index (Phi) is 4.94. The molecule has 3 N–H and O–H groups in total. The van der Waals surface area contributed by atoms with Crippen molar-refractivity contribution in [1.29, 1.82) is 0 Å². The molecular weight excluding hydrogens is 256 g/mol. The van der Waals surface area contributed by atoms with Crippen LogP contribution in [0, 0.1) is 0 Å². The molecule has 1 aromatic rings. The van der Waals surface area contributed by atoms with Crippen molar-refractivity contribution in [3.63, 3.8) is 0 Å². The topological polar surface area (TPSA) is 90.7 Å². The fourth-order valence-electron chi connectivity index (χ4n) is 1.40. The monoisotopic (exact) mass is 274 g/mol. The highest BCUT2D eigenvalue weighted by atomic mass is 32.2. The summed E-state index contributed by atoms with van der Waals surface area (Å²) in [7, 11) is -0.567. The number of hydrogen-bond donors (Lipinski definition) is 2. The van der Waals surface area contributed by atoms with Crippen LogP contribution in [0.15, 0.2) is 23.1 Å². The minimum atomic E-state index is -3.49. The minimum absolute atomic E-state index is 0.106. The molecule has 1 rings (SSSR count). The zero-order chi connectivity index (χ0) is 13.8. The molecule has 0 aliphatic heterocycles. The largest absolute Gasteiger partial charge is 0.486 e. The van der Waals surface area contributed by atoms with Gasteiger partial charge in [-0.25, -0.2) is 13.1 Å². The highest BCUT2D eigenvalue weighted by Gasteiger charge is 2.14. The molecule has 0 radical (unpaired) electrons. The molecule has 0 amide bonds. The zero-order valence-electron chi connectivity index (χ0n) is 10.6. The first-order valence-corrected chi connectivity index (χ1v) is 6.87. The summed E-state index contributed by atoms with van der Waals surface area (Å²) in [6.45, 7) is 2.26. The van der Waals surface area contributed by atoms with Gasteiger partial charge in [-0.2, -0.15) is 0 Å². The van der Waals surface area contributed by atoms with Crippen LogP contribution in [0.4, 0.5) is 5.69 Å². The van der Waals surface area contributed by atoms with Crippen molar-refractivity contribution >= 4 is 15.7 Å². The van der Waals surface area contributed by atoms with Crippen molar-refractivity contribution in [3.8, 4) is 5.75 Å². The quantitative estimate of drug-likeness (QED) is 0.741. The Morgan fingerprint density at radius 3 is 2.61 bits per heavy atom. The van der Waals surface area contributed by atoms with Gasteiger partial charge < -0.3 is 15.2 Å². The number of nitrogens with one attached hydrogen (secondary N) is 1. The molecule has 0 aliphatic carbocycles. The lowest BCUT2D eigenvalue weighted by molar-refractivity contribution is 0.0925. The van der Waals surface area contributed by atoms with Crippen molar-refractivity contribution in [2.24, 2.45) is 0 Å². The Morgan fingerprint density at radius 1 is 1.44 bits per heavy atom. The summed E-state index contributed by atoms with van der Waals surface area (Å²) in [5, 5.41) is 0. The Morgan fingerprint density at radius 2 is 2.11 bits per heavy atom. The summed E-state index contributed by atoms with van der Waals surface area (Å²) < 4.78 is 35.8. The lowest BCUT2D eigenvalue weighted by Gasteiger charge is -2.15. The second-order valence-electron chi connectivity index (χ2n) is 3.79. The molecule has 1 aromatic carbocycles. The third-order valence-electron chi connectivity index (χ3n) is 2.29. The van der Waals surface area contributed by atoms with Gasteiger partial charge in [0.2, 0.25) is 10.0 Å². The molecule has 0 aliphatic rings. The Balaban J connectivity index is 2.93. The van der Waals surface area contributed by atoms with E-state index in [-0.39, 0.29) is 16.7 Å². The second-order valence-corrected chi connectivity index (χ2v) is 5.68. The van der Waals surface area contributed by atoms with Crippen LogP contribution in [0.5, 0.6) is 5.75 Å². The average molecular weight is 274 g/mol. The van der Waals surface area contributed by atoms with E-state index in [0.29, 0.717) is 12.4 Å². The van der Waals surface area contributed by atoms with Crippen molar-refractivity contribution in [3.05, 3.63) is 18.2 Å². The fourth-order valence-corrected chi connectivity index (χ4v) is 2.17. The highest BCUT2D eigenvalue weighted by molar-refractivity contribution is 7.89. The number of ether oxygens (including phenoxy) is 2. The summed E-state index contributed by atoms with van der Waals surface area (Å²) >= 11 is 0. The van der Waals surface area contributed by atoms with Gasteiger partial charge in [0.05, 0.1) is 17.2 Å². The summed E-state index contributed by atoms with van der Waals surface area (Å²) in [6.07, 6.45) is -0.163. The third kappa shape index (κ3) is 3.59. The van der Waals surface area contributed by atoms with Crippen LogP contribution in [0.3, 0.4) is 0 Å². The van der Waals surface area contributed by atoms with E-state index >= 15 is 0 Å². The van der Waals surface area contributed by atoms with Crippen LogP contribution in [0.1, 0.15) is 6.92 Å². The molecular formula is C11H18N2O4S. The third-order valence-corrected chi connectivity index (χ3v) is 3.70. The maximum Gasteiger partial charge on any atom is 0.240 e. The van der Waals surface area contributed by atoms with Gasteiger partial charge in [-0.1, -0.05) is 0 Å². The number of hydrogen-bond acceptors (Lipinski definition) is 5. The highest BCUT2D eigenvalue weighted by Crippen LogP contribution is 2.25. The number of rotatable bonds is 6. The average Bonchev–Trinajstić information content (AvgIpc) is 2.32. The molecule has 1 atom stereocenters. The number of methoxy groups -OCH3 is 1. The van der Waals surface area contributed by atoms with E-state index in [1.54, 1.807) is 7.11 Å². The summed E-state index contributed by atoms with van der Waals surface area (Å²) in [5.41, 5.74) is 6.03. The van der Waals surface area contributed by atoms with E-state index in [4.69, 9.17) is 15.2 Å². The molecule has 1 unspecified atom stereocenters. The molecule has 0 spiro atoms. The molecule has 0 bridgehead atoms. The van der Waals surface area contributed by atoms with E-state index in [9.17, 15) is 8.42 Å². The number of nitrogens with two attached hydrogens (primary N) is 1. The molecule has 18 heavy (non-hydrogen) atoms. The van der Waals surface area contributed by atoms with Crippen molar-refractivity contribution in [2.45, 2.75) is 17.9 Å². The van der Waals surface area contributed by atoms with Crippen molar-refractivity contribution < 1.29 is 17.9 Å². The first kappa shape index (κ1) is 14.7. The van der Waals surface area contributed by atoms with E-state index in [2.05, 4.69) is 4.72 Å². The maximum atomic E-state index is 11.6. The summed E-state index contributed by atoms with van der Waals surface area (Å²) in [5.74, 6) is 0.439. The van der Waals surface area contributed by atoms with E-state index in [1.807, 2.05) is 6.92 Å². The van der Waals surface area contributed by atoms with Gasteiger partial charge in [-0.05, 0) is 32.2 Å². The van der Waals surface area contributed by atoms with Crippen LogP contribution < -0.4 is 15.2 Å². The molecule has 6 nitrogen and oxygen atoms in total. The Bertz CT molecular complexity index is 502. The molecule has 0 saturated heterocycles. The van der Waals surface area contributed by atoms with E-state index < -0.39 is 10.0 Å². The normalized spacial score (nSPS) is 13.3. The molecule has 102 valence electrons. The lowest BCUT2D eigenvalue weighted by atomic mass is 10.3. The summed E-state index contributed by atoms with van der Waals surface area (Å²) in [6, 6.07) is 4.34. The molecule has 0 saturated carbocycles. The lowest BCUT2D eigenvalue weighted by Crippen LogP contribution is -2.20. The van der Waals surface area contributed by atoms with Gasteiger partial charge in [0, 0.05) is 7.11 Å². The number of nitrogen functional groups attached to an aromatic ring is 1. The zero-order valence-corrected chi connectivity index (χ0v) is 11.5. The molecule has 7 heteroatoms. The maximum absolute atomic E-state index is 11.6. The summed E-state index contributed by atoms with van der Waals surface area (Å²) in [4.78, 5) is 0.106. The predicted octanol–water partition coefficient (Wildman–Crippen LogP) is 0.591. The molecule has 0 aromatic heterocycles. The first-order chi connectivity index (χ1) is 8.40. The Hall–Kier alpha value is -1.31. The van der Waals surface area contributed by atoms with Crippen LogP contribution in [0.25, 0.3) is 0 Å². The van der Waals surface area contributed by atoms with Gasteiger partial charge in [-0.3, -0.25) is 0 Å². The van der Waals surface area contributed by atoms with Gasteiger partial charge in [-0.15, -0.1) is 0 Å². The van der Waals surface area contributed by atoms with E-state index in [0.717, 1.165) is 0 Å². The second kappa shape index (κ2) is 6.03. The van der Waals surface area contributed by atoms with E-state index in [1.165, 1.54) is 25.2 Å². The predicted molar refractivity (Wildman–Crippen MR) is 69.1 cm³/mol. The molecule has 0 fully saturated rings. The minimum Gasteiger partial charge on any atom is -0.486 e. The van der Waals surface area contributed by atoms with Gasteiger partial charge >= 0.3 is 0 Å². The SMILES string of the molecule is CNS(=O)(=O)c1ccc(OC(C)COC)c(N)c1. The van der Waals surface area contributed by atoms with Crippen molar-refractivity contribution in [1.82, 2.24) is 4.72 Å². The number of benzene rings is 1. The van der Waals surface area contributed by atoms with Crippen molar-refractivity contribution in [2.75, 3.05) is 26.5 Å². The van der Waals surface area contributed by atoms with Gasteiger partial charge in [0.15, 0.2) is 0 Å². The smallest absolute Gasteiger partial charge is 0.240 e. The Labute approximate surface area is 107 Å². The number of anilines is 1. The van der Waals surface area contributed by atoms with Gasteiger partial charge in [0.25, 0.3) is 0 Å². The standard InChI is InChI=1S/C11H18N2O4S/c1-8(7-16-3)17-11-5-4-9(6-10(11)12)18(14,15)13-2/h4-6,8,13H,7,12H2,1-3H3. The van der Waals surface area contributed by atoms with Gasteiger partial charge in [0.1, 0.15) is 11.9 Å². The number of sulfonamides is 1. The molecule has 0 heterocycles. The van der Waals surface area contributed by atoms with Crippen LogP contribution in [0.2, 0.25) is 0 Å². The first-order valence-electron chi connectivity index (χ1n) is 5.39. The van der Waals surface area contributed by atoms with Crippen LogP contribution in [-0.2, 0) is 14.8 Å². The van der Waals surface area contributed by atoms with Crippen LogP contribution >= 0.6 is 0 Å². The van der Waals surface area contributed by atoms with Crippen LogP contribution in [-0.4, -0.2) is 35.3 Å². The fraction of sp³-hybridized carbons (Fsp3) is 0.455.